The molecule has 0 unspecified atom stereocenters. The third kappa shape index (κ3) is 3.30. The van der Waals surface area contributed by atoms with Crippen LogP contribution in [0.15, 0.2) is 18.2 Å². The Labute approximate surface area is 120 Å². The molecule has 1 aromatic carbocycles. The zero-order valence-corrected chi connectivity index (χ0v) is 11.7. The summed E-state index contributed by atoms with van der Waals surface area (Å²) in [5.41, 5.74) is 0.847. The van der Waals surface area contributed by atoms with E-state index >= 15 is 0 Å². The third-order valence-corrected chi connectivity index (χ3v) is 3.63. The smallest absolute Gasteiger partial charge is 0.315 e. The van der Waals surface area contributed by atoms with Crippen molar-refractivity contribution in [3.63, 3.8) is 0 Å². The van der Waals surface area contributed by atoms with Crippen molar-refractivity contribution >= 4 is 35.1 Å². The third-order valence-electron chi connectivity index (χ3n) is 2.89. The summed E-state index contributed by atoms with van der Waals surface area (Å²) in [7, 11) is 0. The molecule has 3 N–H and O–H groups in total. The van der Waals surface area contributed by atoms with E-state index in [1.165, 1.54) is 0 Å². The van der Waals surface area contributed by atoms with Gasteiger partial charge < -0.3 is 16.0 Å². The molecule has 0 saturated carbocycles. The summed E-state index contributed by atoms with van der Waals surface area (Å²) in [5.74, 6) is -0.239. The lowest BCUT2D eigenvalue weighted by molar-refractivity contribution is -0.123. The van der Waals surface area contributed by atoms with Crippen molar-refractivity contribution in [2.75, 3.05) is 6.54 Å². The zero-order valence-electron chi connectivity index (χ0n) is 10.2. The van der Waals surface area contributed by atoms with Gasteiger partial charge in [0, 0.05) is 6.54 Å². The molecule has 0 radical (unpaired) electrons. The van der Waals surface area contributed by atoms with Gasteiger partial charge in [-0.05, 0) is 24.6 Å². The summed E-state index contributed by atoms with van der Waals surface area (Å²) >= 11 is 11.8. The number of halogens is 2. The van der Waals surface area contributed by atoms with Gasteiger partial charge in [-0.2, -0.15) is 0 Å². The summed E-state index contributed by atoms with van der Waals surface area (Å²) in [6, 6.07) is 4.09. The van der Waals surface area contributed by atoms with Crippen LogP contribution >= 0.6 is 23.2 Å². The maximum Gasteiger partial charge on any atom is 0.315 e. The largest absolute Gasteiger partial charge is 0.348 e. The Bertz CT molecular complexity index is 522. The van der Waals surface area contributed by atoms with Gasteiger partial charge in [-0.25, -0.2) is 4.79 Å². The lowest BCUT2D eigenvalue weighted by atomic mass is 10.1. The highest BCUT2D eigenvalue weighted by molar-refractivity contribution is 6.42. The minimum atomic E-state index is -0.544. The second kappa shape index (κ2) is 5.67. The van der Waals surface area contributed by atoms with E-state index in [2.05, 4.69) is 16.0 Å². The van der Waals surface area contributed by atoms with Crippen LogP contribution in [0.1, 0.15) is 18.5 Å². The Hall–Kier alpha value is -1.46. The Morgan fingerprint density at radius 1 is 1.42 bits per heavy atom. The number of rotatable bonds is 3. The minimum Gasteiger partial charge on any atom is -0.348 e. The molecule has 1 aromatic rings. The van der Waals surface area contributed by atoms with Gasteiger partial charge in [-0.1, -0.05) is 29.3 Å². The normalized spacial score (nSPS) is 19.5. The van der Waals surface area contributed by atoms with Gasteiger partial charge in [-0.15, -0.1) is 0 Å². The van der Waals surface area contributed by atoms with E-state index in [-0.39, 0.29) is 18.0 Å². The molecule has 3 amide bonds. The van der Waals surface area contributed by atoms with Crippen molar-refractivity contribution in [2.24, 2.45) is 0 Å². The number of hydrogen-bond donors (Lipinski definition) is 3. The van der Waals surface area contributed by atoms with E-state index in [9.17, 15) is 9.59 Å². The monoisotopic (exact) mass is 301 g/mol. The summed E-state index contributed by atoms with van der Waals surface area (Å²) in [6.45, 7) is 2.13. The molecule has 102 valence electrons. The first-order valence-electron chi connectivity index (χ1n) is 5.77. The molecule has 1 saturated heterocycles. The molecule has 0 aliphatic carbocycles. The highest BCUT2D eigenvalue weighted by Gasteiger charge is 2.27. The number of carbonyl (C=O) groups excluding carboxylic acids is 2. The lowest BCUT2D eigenvalue weighted by Crippen LogP contribution is -2.43. The average molecular weight is 302 g/mol. The molecular weight excluding hydrogens is 289 g/mol. The van der Waals surface area contributed by atoms with Crippen LogP contribution in [0, 0.1) is 0 Å². The van der Waals surface area contributed by atoms with Crippen LogP contribution in [-0.4, -0.2) is 24.5 Å². The molecule has 1 heterocycles. The number of amides is 3. The molecule has 2 rings (SSSR count). The SMILES string of the molecule is C[C@@H](NC(=O)[C@H]1CNC(=O)N1)c1ccc(Cl)c(Cl)c1. The zero-order chi connectivity index (χ0) is 14.0. The number of benzene rings is 1. The summed E-state index contributed by atoms with van der Waals surface area (Å²) in [4.78, 5) is 22.9. The van der Waals surface area contributed by atoms with E-state index < -0.39 is 6.04 Å². The van der Waals surface area contributed by atoms with Crippen molar-refractivity contribution in [1.29, 1.82) is 0 Å². The molecule has 5 nitrogen and oxygen atoms in total. The molecule has 1 aliphatic rings. The van der Waals surface area contributed by atoms with Gasteiger partial charge in [0.05, 0.1) is 16.1 Å². The predicted octanol–water partition coefficient (Wildman–Crippen LogP) is 1.85. The molecule has 7 heteroatoms. The van der Waals surface area contributed by atoms with E-state index in [4.69, 9.17) is 23.2 Å². The van der Waals surface area contributed by atoms with Gasteiger partial charge in [0.2, 0.25) is 5.91 Å². The predicted molar refractivity (Wildman–Crippen MR) is 73.3 cm³/mol. The van der Waals surface area contributed by atoms with Crippen LogP contribution in [-0.2, 0) is 4.79 Å². The first kappa shape index (κ1) is 14.0. The van der Waals surface area contributed by atoms with E-state index in [0.717, 1.165) is 5.56 Å². The van der Waals surface area contributed by atoms with Crippen LogP contribution in [0.25, 0.3) is 0 Å². The van der Waals surface area contributed by atoms with Crippen molar-refractivity contribution in [1.82, 2.24) is 16.0 Å². The first-order valence-corrected chi connectivity index (χ1v) is 6.52. The molecule has 0 bridgehead atoms. The standard InChI is InChI=1S/C12H13Cl2N3O2/c1-6(7-2-3-8(13)9(14)4-7)16-11(18)10-5-15-12(19)17-10/h2-4,6,10H,5H2,1H3,(H,16,18)(H2,15,17,19)/t6-,10-/m1/s1. The highest BCUT2D eigenvalue weighted by Crippen LogP contribution is 2.25. The molecule has 19 heavy (non-hydrogen) atoms. The summed E-state index contributed by atoms with van der Waals surface area (Å²) < 4.78 is 0. The van der Waals surface area contributed by atoms with Gasteiger partial charge in [0.1, 0.15) is 6.04 Å². The quantitative estimate of drug-likeness (QED) is 0.797. The number of hydrogen-bond acceptors (Lipinski definition) is 2. The number of urea groups is 1. The van der Waals surface area contributed by atoms with E-state index in [1.54, 1.807) is 18.2 Å². The van der Waals surface area contributed by atoms with Crippen LogP contribution in [0.4, 0.5) is 4.79 Å². The molecular formula is C12H13Cl2N3O2. The van der Waals surface area contributed by atoms with Gasteiger partial charge >= 0.3 is 6.03 Å². The molecule has 1 fully saturated rings. The topological polar surface area (TPSA) is 70.2 Å². The minimum absolute atomic E-state index is 0.222. The summed E-state index contributed by atoms with van der Waals surface area (Å²) in [5, 5.41) is 8.77. The summed E-state index contributed by atoms with van der Waals surface area (Å²) in [6.07, 6.45) is 0. The second-order valence-electron chi connectivity index (χ2n) is 4.31. The second-order valence-corrected chi connectivity index (χ2v) is 5.13. The average Bonchev–Trinajstić information content (AvgIpc) is 2.79. The highest BCUT2D eigenvalue weighted by atomic mass is 35.5. The Balaban J connectivity index is 2.00. The van der Waals surface area contributed by atoms with Crippen molar-refractivity contribution < 1.29 is 9.59 Å². The fourth-order valence-electron chi connectivity index (χ4n) is 1.79. The van der Waals surface area contributed by atoms with Gasteiger partial charge in [0.25, 0.3) is 0 Å². The lowest BCUT2D eigenvalue weighted by Gasteiger charge is -2.17. The van der Waals surface area contributed by atoms with Gasteiger partial charge in [0.15, 0.2) is 0 Å². The number of carbonyl (C=O) groups is 2. The van der Waals surface area contributed by atoms with Crippen molar-refractivity contribution in [3.05, 3.63) is 33.8 Å². The maximum absolute atomic E-state index is 11.9. The van der Waals surface area contributed by atoms with E-state index in [0.29, 0.717) is 16.6 Å². The van der Waals surface area contributed by atoms with Gasteiger partial charge in [-0.3, -0.25) is 4.79 Å². The molecule has 0 spiro atoms. The van der Waals surface area contributed by atoms with Crippen LogP contribution in [0.2, 0.25) is 10.0 Å². The first-order chi connectivity index (χ1) is 8.97. The molecule has 2 atom stereocenters. The molecule has 1 aliphatic heterocycles. The Kier molecular flexibility index (Phi) is 4.17. The molecule has 0 aromatic heterocycles. The maximum atomic E-state index is 11.9. The fraction of sp³-hybridized carbons (Fsp3) is 0.333. The van der Waals surface area contributed by atoms with Crippen LogP contribution in [0.3, 0.4) is 0 Å². The van der Waals surface area contributed by atoms with E-state index in [1.807, 2.05) is 6.92 Å². The number of nitrogens with one attached hydrogen (secondary N) is 3. The fourth-order valence-corrected chi connectivity index (χ4v) is 2.10. The van der Waals surface area contributed by atoms with Crippen molar-refractivity contribution in [3.8, 4) is 0 Å². The Morgan fingerprint density at radius 2 is 2.16 bits per heavy atom. The van der Waals surface area contributed by atoms with Crippen LogP contribution in [0.5, 0.6) is 0 Å². The van der Waals surface area contributed by atoms with Crippen LogP contribution < -0.4 is 16.0 Å². The Morgan fingerprint density at radius 3 is 2.74 bits per heavy atom. The van der Waals surface area contributed by atoms with Crippen molar-refractivity contribution in [2.45, 2.75) is 19.0 Å².